The Morgan fingerprint density at radius 1 is 1.10 bits per heavy atom. The lowest BCUT2D eigenvalue weighted by atomic mass is 10.2. The fourth-order valence-electron chi connectivity index (χ4n) is 1.57. The second kappa shape index (κ2) is 5.82. The van der Waals surface area contributed by atoms with E-state index in [1.807, 2.05) is 6.07 Å². The highest BCUT2D eigenvalue weighted by molar-refractivity contribution is 7.92. The third-order valence-electron chi connectivity index (χ3n) is 2.55. The van der Waals surface area contributed by atoms with Crippen LogP contribution in [0.3, 0.4) is 0 Å². The summed E-state index contributed by atoms with van der Waals surface area (Å²) in [5, 5.41) is 18.2. The molecule has 2 N–H and O–H groups in total. The maximum atomic E-state index is 12.2. The van der Waals surface area contributed by atoms with Gasteiger partial charge in [0.05, 0.1) is 27.4 Å². The summed E-state index contributed by atoms with van der Waals surface area (Å²) in [6, 6.07) is 9.64. The number of rotatable bonds is 3. The van der Waals surface area contributed by atoms with Crippen molar-refractivity contribution >= 4 is 38.9 Å². The van der Waals surface area contributed by atoms with Crippen LogP contribution in [0.5, 0.6) is 5.75 Å². The second-order valence-corrected chi connectivity index (χ2v) is 6.49. The topological polar surface area (TPSA) is 90.2 Å². The van der Waals surface area contributed by atoms with E-state index in [-0.39, 0.29) is 31.9 Å². The molecule has 0 aromatic heterocycles. The lowest BCUT2D eigenvalue weighted by Crippen LogP contribution is -2.13. The first-order valence-corrected chi connectivity index (χ1v) is 7.78. The Labute approximate surface area is 131 Å². The van der Waals surface area contributed by atoms with Gasteiger partial charge in [-0.3, -0.25) is 4.72 Å². The quantitative estimate of drug-likeness (QED) is 0.894. The fourth-order valence-corrected chi connectivity index (χ4v) is 3.29. The molecule has 0 atom stereocenters. The number of halogens is 2. The van der Waals surface area contributed by atoms with Crippen molar-refractivity contribution in [1.29, 1.82) is 5.26 Å². The summed E-state index contributed by atoms with van der Waals surface area (Å²) in [4.78, 5) is -0.169. The maximum absolute atomic E-state index is 12.2. The first kappa shape index (κ1) is 15.4. The van der Waals surface area contributed by atoms with E-state index < -0.39 is 10.0 Å². The largest absolute Gasteiger partial charge is 0.506 e. The molecular formula is C13H8Cl2N2O3S. The summed E-state index contributed by atoms with van der Waals surface area (Å²) in [7, 11) is -3.94. The summed E-state index contributed by atoms with van der Waals surface area (Å²) in [5.74, 6) is -0.247. The van der Waals surface area contributed by atoms with Gasteiger partial charge in [-0.15, -0.1) is 0 Å². The average molecular weight is 343 g/mol. The van der Waals surface area contributed by atoms with Gasteiger partial charge in [-0.1, -0.05) is 23.2 Å². The molecule has 0 heterocycles. The first-order valence-electron chi connectivity index (χ1n) is 5.54. The van der Waals surface area contributed by atoms with Crippen LogP contribution in [0.2, 0.25) is 10.0 Å². The predicted octanol–water partition coefficient (Wildman–Crippen LogP) is 3.37. The molecule has 0 saturated carbocycles. The van der Waals surface area contributed by atoms with Crippen molar-refractivity contribution in [2.24, 2.45) is 0 Å². The molecular weight excluding hydrogens is 335 g/mol. The molecule has 0 saturated heterocycles. The van der Waals surface area contributed by atoms with Gasteiger partial charge in [0.1, 0.15) is 10.6 Å². The number of phenols is 1. The van der Waals surface area contributed by atoms with Crippen molar-refractivity contribution in [2.45, 2.75) is 4.90 Å². The molecule has 5 nitrogen and oxygen atoms in total. The smallest absolute Gasteiger partial charge is 0.263 e. The van der Waals surface area contributed by atoms with E-state index in [0.717, 1.165) is 0 Å². The molecule has 0 aliphatic heterocycles. The van der Waals surface area contributed by atoms with Gasteiger partial charge in [0.15, 0.2) is 0 Å². The van der Waals surface area contributed by atoms with Crippen LogP contribution in [0, 0.1) is 11.3 Å². The predicted molar refractivity (Wildman–Crippen MR) is 80.1 cm³/mol. The van der Waals surface area contributed by atoms with Gasteiger partial charge >= 0.3 is 0 Å². The molecule has 2 aromatic carbocycles. The minimum absolute atomic E-state index is 0.0697. The number of hydrogen-bond acceptors (Lipinski definition) is 4. The normalized spacial score (nSPS) is 10.9. The number of benzene rings is 2. The molecule has 0 spiro atoms. The van der Waals surface area contributed by atoms with E-state index >= 15 is 0 Å². The zero-order chi connectivity index (χ0) is 15.6. The van der Waals surface area contributed by atoms with E-state index in [1.165, 1.54) is 36.4 Å². The third kappa shape index (κ3) is 3.39. The molecule has 2 aromatic rings. The minimum atomic E-state index is -3.94. The van der Waals surface area contributed by atoms with E-state index in [0.29, 0.717) is 0 Å². The molecule has 2 rings (SSSR count). The monoisotopic (exact) mass is 342 g/mol. The van der Waals surface area contributed by atoms with Crippen LogP contribution in [-0.4, -0.2) is 13.5 Å². The van der Waals surface area contributed by atoms with E-state index in [2.05, 4.69) is 4.72 Å². The number of hydrogen-bond donors (Lipinski definition) is 2. The summed E-state index contributed by atoms with van der Waals surface area (Å²) in [5.41, 5.74) is 0.389. The van der Waals surface area contributed by atoms with Crippen molar-refractivity contribution in [1.82, 2.24) is 0 Å². The van der Waals surface area contributed by atoms with Crippen molar-refractivity contribution in [3.05, 3.63) is 52.0 Å². The van der Waals surface area contributed by atoms with Crippen LogP contribution < -0.4 is 4.72 Å². The highest BCUT2D eigenvalue weighted by Gasteiger charge is 2.18. The number of phenolic OH excluding ortho intramolecular Hbond substituents is 1. The highest BCUT2D eigenvalue weighted by atomic mass is 35.5. The molecule has 108 valence electrons. The number of sulfonamides is 1. The summed E-state index contributed by atoms with van der Waals surface area (Å²) >= 11 is 11.5. The highest BCUT2D eigenvalue weighted by Crippen LogP contribution is 2.29. The van der Waals surface area contributed by atoms with Crippen molar-refractivity contribution in [3.63, 3.8) is 0 Å². The molecule has 0 bridgehead atoms. The van der Waals surface area contributed by atoms with Crippen molar-refractivity contribution in [2.75, 3.05) is 4.72 Å². The molecule has 21 heavy (non-hydrogen) atoms. The van der Waals surface area contributed by atoms with E-state index in [1.54, 1.807) is 0 Å². The van der Waals surface area contributed by atoms with Crippen LogP contribution in [0.15, 0.2) is 41.3 Å². The Bertz CT molecular complexity index is 845. The molecule has 8 heteroatoms. The third-order valence-corrected chi connectivity index (χ3v) is 4.73. The van der Waals surface area contributed by atoms with Gasteiger partial charge in [0.2, 0.25) is 0 Å². The van der Waals surface area contributed by atoms with Crippen LogP contribution in [0.1, 0.15) is 5.56 Å². The number of nitrogens with one attached hydrogen (secondary N) is 1. The summed E-state index contributed by atoms with van der Waals surface area (Å²) in [6.07, 6.45) is 0. The molecule has 0 aliphatic rings. The average Bonchev–Trinajstić information content (AvgIpc) is 2.42. The van der Waals surface area contributed by atoms with Crippen LogP contribution in [0.25, 0.3) is 0 Å². The Balaban J connectivity index is 2.38. The maximum Gasteiger partial charge on any atom is 0.263 e. The van der Waals surface area contributed by atoms with Crippen molar-refractivity contribution in [3.8, 4) is 11.8 Å². The lowest BCUT2D eigenvalue weighted by molar-refractivity contribution is 0.476. The molecule has 0 aliphatic carbocycles. The summed E-state index contributed by atoms with van der Waals surface area (Å²) in [6.45, 7) is 0. The van der Waals surface area contributed by atoms with E-state index in [4.69, 9.17) is 28.5 Å². The van der Waals surface area contributed by atoms with Crippen LogP contribution in [0.4, 0.5) is 5.69 Å². The van der Waals surface area contributed by atoms with Gasteiger partial charge in [-0.25, -0.2) is 8.42 Å². The molecule has 0 unspecified atom stereocenters. The van der Waals surface area contributed by atoms with Crippen LogP contribution in [-0.2, 0) is 10.0 Å². The number of nitrogens with zero attached hydrogens (tertiary/aromatic N) is 1. The molecule has 0 amide bonds. The van der Waals surface area contributed by atoms with Gasteiger partial charge < -0.3 is 5.11 Å². The van der Waals surface area contributed by atoms with E-state index in [9.17, 15) is 13.5 Å². The lowest BCUT2D eigenvalue weighted by Gasteiger charge is -2.10. The number of anilines is 1. The van der Waals surface area contributed by atoms with Crippen molar-refractivity contribution < 1.29 is 13.5 Å². The van der Waals surface area contributed by atoms with Crippen LogP contribution >= 0.6 is 23.2 Å². The second-order valence-electron chi connectivity index (χ2n) is 4.03. The zero-order valence-electron chi connectivity index (χ0n) is 10.3. The first-order chi connectivity index (χ1) is 9.83. The van der Waals surface area contributed by atoms with Gasteiger partial charge in [-0.2, -0.15) is 5.26 Å². The van der Waals surface area contributed by atoms with Gasteiger partial charge in [0.25, 0.3) is 10.0 Å². The SMILES string of the molecule is N#Cc1ccc(S(=O)(=O)Nc2ccc(Cl)c(O)c2)c(Cl)c1. The number of aromatic hydroxyl groups is 1. The fraction of sp³-hybridized carbons (Fsp3) is 0. The minimum Gasteiger partial charge on any atom is -0.506 e. The van der Waals surface area contributed by atoms with Gasteiger partial charge in [-0.05, 0) is 30.3 Å². The molecule has 0 radical (unpaired) electrons. The Morgan fingerprint density at radius 3 is 2.38 bits per heavy atom. The Kier molecular flexibility index (Phi) is 4.28. The zero-order valence-corrected chi connectivity index (χ0v) is 12.7. The number of nitriles is 1. The Hall–Kier alpha value is -1.94. The Morgan fingerprint density at radius 2 is 1.81 bits per heavy atom. The summed E-state index contributed by atoms with van der Waals surface area (Å²) < 4.78 is 26.7. The molecule has 0 fully saturated rings. The van der Waals surface area contributed by atoms with Gasteiger partial charge in [0, 0.05) is 6.07 Å². The standard InChI is InChI=1S/C13H8Cl2N2O3S/c14-10-3-2-9(6-12(10)18)17-21(19,20)13-4-1-8(7-16)5-11(13)15/h1-6,17-18H.